The van der Waals surface area contributed by atoms with Crippen molar-refractivity contribution in [2.75, 3.05) is 38.4 Å². The molecule has 0 aromatic heterocycles. The monoisotopic (exact) mass is 450 g/mol. The summed E-state index contributed by atoms with van der Waals surface area (Å²) in [6, 6.07) is 0. The van der Waals surface area contributed by atoms with E-state index in [1.165, 1.54) is 70.6 Å². The second-order valence-corrected chi connectivity index (χ2v) is 7.92. The molecule has 5 heteroatoms. The van der Waals surface area contributed by atoms with Crippen molar-refractivity contribution in [1.82, 2.24) is 0 Å². The summed E-state index contributed by atoms with van der Waals surface area (Å²) in [4.78, 5) is 11.6. The van der Waals surface area contributed by atoms with Gasteiger partial charge in [0, 0.05) is 11.8 Å². The van der Waals surface area contributed by atoms with Gasteiger partial charge in [-0.3, -0.25) is 4.79 Å². The minimum Gasteiger partial charge on any atom is -0.463 e. The van der Waals surface area contributed by atoms with Gasteiger partial charge in [0.25, 0.3) is 0 Å². The molecule has 0 atom stereocenters. The van der Waals surface area contributed by atoms with Gasteiger partial charge in [-0.15, -0.1) is 0 Å². The van der Waals surface area contributed by atoms with Gasteiger partial charge >= 0.3 is 5.97 Å². The van der Waals surface area contributed by atoms with E-state index >= 15 is 0 Å². The van der Waals surface area contributed by atoms with Crippen LogP contribution in [0, 0.1) is 0 Å². The van der Waals surface area contributed by atoms with Crippen molar-refractivity contribution < 1.29 is 19.0 Å². The Kier molecular flexibility index (Phi) is 23.8. The molecule has 0 radical (unpaired) electrons. The maximum Gasteiger partial charge on any atom is 0.305 e. The van der Waals surface area contributed by atoms with Crippen LogP contribution in [-0.2, 0) is 19.0 Å². The van der Waals surface area contributed by atoms with Crippen LogP contribution in [0.5, 0.6) is 0 Å². The van der Waals surface area contributed by atoms with Crippen LogP contribution in [0.25, 0.3) is 0 Å². The van der Waals surface area contributed by atoms with Crippen molar-refractivity contribution in [2.24, 2.45) is 0 Å². The maximum absolute atomic E-state index is 11.6. The van der Waals surface area contributed by atoms with Crippen LogP contribution < -0.4 is 0 Å². The van der Waals surface area contributed by atoms with Gasteiger partial charge in [0.2, 0.25) is 0 Å². The van der Waals surface area contributed by atoms with Crippen LogP contribution in [-0.4, -0.2) is 44.3 Å². The first kappa shape index (κ1) is 26.9. The van der Waals surface area contributed by atoms with Crippen LogP contribution in [0.1, 0.15) is 96.8 Å². The minimum absolute atomic E-state index is 0.0998. The Morgan fingerprint density at radius 1 is 0.630 bits per heavy atom. The summed E-state index contributed by atoms with van der Waals surface area (Å²) in [6.07, 6.45) is 17.6. The van der Waals surface area contributed by atoms with Gasteiger partial charge in [0.1, 0.15) is 6.61 Å². The lowest BCUT2D eigenvalue weighted by Gasteiger charge is -2.06. The van der Waals surface area contributed by atoms with Crippen LogP contribution >= 0.6 is 15.9 Å². The second-order valence-electron chi connectivity index (χ2n) is 7.13. The first-order chi connectivity index (χ1) is 13.3. The fourth-order valence-corrected chi connectivity index (χ4v) is 3.18. The third kappa shape index (κ3) is 23.8. The molecule has 0 fully saturated rings. The number of halogens is 1. The molecule has 0 heterocycles. The average Bonchev–Trinajstić information content (AvgIpc) is 2.67. The highest BCUT2D eigenvalue weighted by Gasteiger charge is 2.02. The lowest BCUT2D eigenvalue weighted by atomic mass is 10.0. The molecule has 0 spiro atoms. The number of hydrogen-bond acceptors (Lipinski definition) is 4. The van der Waals surface area contributed by atoms with E-state index in [4.69, 9.17) is 14.2 Å². The SMILES string of the molecule is CCCCCCCCCCCCCCCC(=O)OCCOCCOCCBr. The minimum atomic E-state index is -0.0998. The van der Waals surface area contributed by atoms with Gasteiger partial charge < -0.3 is 14.2 Å². The summed E-state index contributed by atoms with van der Waals surface area (Å²) < 4.78 is 15.8. The highest BCUT2D eigenvalue weighted by Crippen LogP contribution is 2.13. The summed E-state index contributed by atoms with van der Waals surface area (Å²) >= 11 is 3.29. The molecular weight excluding hydrogens is 408 g/mol. The summed E-state index contributed by atoms with van der Waals surface area (Å²) in [5.41, 5.74) is 0. The lowest BCUT2D eigenvalue weighted by molar-refractivity contribution is -0.145. The molecule has 0 N–H and O–H groups in total. The van der Waals surface area contributed by atoms with Crippen LogP contribution in [0.4, 0.5) is 0 Å². The zero-order valence-electron chi connectivity index (χ0n) is 17.7. The maximum atomic E-state index is 11.6. The number of unbranched alkanes of at least 4 members (excludes halogenated alkanes) is 12. The molecule has 162 valence electrons. The molecule has 0 rings (SSSR count). The Bertz CT molecular complexity index is 300. The topological polar surface area (TPSA) is 44.8 Å². The number of hydrogen-bond donors (Lipinski definition) is 0. The Hall–Kier alpha value is -0.130. The van der Waals surface area contributed by atoms with Gasteiger partial charge in [-0.05, 0) is 6.42 Å². The van der Waals surface area contributed by atoms with Crippen molar-refractivity contribution in [1.29, 1.82) is 0 Å². The molecule has 0 aliphatic carbocycles. The largest absolute Gasteiger partial charge is 0.463 e. The zero-order chi connectivity index (χ0) is 19.8. The molecule has 0 bridgehead atoms. The Morgan fingerprint density at radius 2 is 1.07 bits per heavy atom. The molecule has 0 aromatic carbocycles. The Balaban J connectivity index is 3.12. The molecule has 0 aromatic rings. The normalized spacial score (nSPS) is 11.0. The van der Waals surface area contributed by atoms with Gasteiger partial charge in [0.05, 0.1) is 26.4 Å². The molecule has 0 aliphatic rings. The predicted octanol–water partition coefficient (Wildman–Crippen LogP) is 6.44. The van der Waals surface area contributed by atoms with E-state index < -0.39 is 0 Å². The molecule has 0 aliphatic heterocycles. The van der Waals surface area contributed by atoms with Crippen LogP contribution in [0.3, 0.4) is 0 Å². The van der Waals surface area contributed by atoms with Crippen LogP contribution in [0.15, 0.2) is 0 Å². The van der Waals surface area contributed by atoms with E-state index in [-0.39, 0.29) is 5.97 Å². The van der Waals surface area contributed by atoms with Crippen molar-refractivity contribution in [3.63, 3.8) is 0 Å². The molecule has 0 unspecified atom stereocenters. The highest BCUT2D eigenvalue weighted by molar-refractivity contribution is 9.09. The van der Waals surface area contributed by atoms with Gasteiger partial charge in [0.15, 0.2) is 0 Å². The van der Waals surface area contributed by atoms with E-state index in [2.05, 4.69) is 22.9 Å². The summed E-state index contributed by atoms with van der Waals surface area (Å²) in [5.74, 6) is -0.0998. The molecule has 0 amide bonds. The fourth-order valence-electron chi connectivity index (χ4n) is 2.95. The highest BCUT2D eigenvalue weighted by atomic mass is 79.9. The Morgan fingerprint density at radius 3 is 1.59 bits per heavy atom. The molecule has 0 saturated heterocycles. The van der Waals surface area contributed by atoms with Gasteiger partial charge in [-0.1, -0.05) is 99.9 Å². The number of alkyl halides is 1. The van der Waals surface area contributed by atoms with Crippen molar-refractivity contribution in [3.05, 3.63) is 0 Å². The number of carbonyl (C=O) groups is 1. The third-order valence-corrected chi connectivity index (χ3v) is 4.89. The molecule has 4 nitrogen and oxygen atoms in total. The first-order valence-electron chi connectivity index (χ1n) is 11.2. The van der Waals surface area contributed by atoms with E-state index in [1.807, 2.05) is 0 Å². The standard InChI is InChI=1S/C22H43BrO4/c1-2-3-4-5-6-7-8-9-10-11-12-13-14-15-22(24)27-21-20-26-19-18-25-17-16-23/h2-21H2,1H3. The smallest absolute Gasteiger partial charge is 0.305 e. The number of esters is 1. The van der Waals surface area contributed by atoms with Crippen LogP contribution in [0.2, 0.25) is 0 Å². The fraction of sp³-hybridized carbons (Fsp3) is 0.955. The summed E-state index contributed by atoms with van der Waals surface area (Å²) in [7, 11) is 0. The van der Waals surface area contributed by atoms with Crippen molar-refractivity contribution in [3.8, 4) is 0 Å². The van der Waals surface area contributed by atoms with Gasteiger partial charge in [-0.2, -0.15) is 0 Å². The van der Waals surface area contributed by atoms with E-state index in [9.17, 15) is 4.79 Å². The summed E-state index contributed by atoms with van der Waals surface area (Å²) in [5, 5.41) is 0.837. The number of carbonyl (C=O) groups excluding carboxylic acids is 1. The third-order valence-electron chi connectivity index (χ3n) is 4.57. The molecular formula is C22H43BrO4. The Labute approximate surface area is 176 Å². The quantitative estimate of drug-likeness (QED) is 0.108. The molecule has 0 saturated carbocycles. The zero-order valence-corrected chi connectivity index (χ0v) is 19.2. The predicted molar refractivity (Wildman–Crippen MR) is 117 cm³/mol. The van der Waals surface area contributed by atoms with E-state index in [0.29, 0.717) is 39.5 Å². The number of rotatable bonds is 22. The molecule has 27 heavy (non-hydrogen) atoms. The van der Waals surface area contributed by atoms with Crippen molar-refractivity contribution in [2.45, 2.75) is 96.8 Å². The van der Waals surface area contributed by atoms with E-state index in [1.54, 1.807) is 0 Å². The average molecular weight is 451 g/mol. The first-order valence-corrected chi connectivity index (χ1v) is 12.3. The lowest BCUT2D eigenvalue weighted by Crippen LogP contribution is -2.13. The van der Waals surface area contributed by atoms with E-state index in [0.717, 1.165) is 18.2 Å². The van der Waals surface area contributed by atoms with Gasteiger partial charge in [-0.25, -0.2) is 0 Å². The number of ether oxygens (including phenoxy) is 3. The second kappa shape index (κ2) is 23.9. The summed E-state index contributed by atoms with van der Waals surface area (Å²) in [6.45, 7) is 4.88. The van der Waals surface area contributed by atoms with Crippen molar-refractivity contribution >= 4 is 21.9 Å².